The Labute approximate surface area is 101 Å². The molecule has 0 atom stereocenters. The van der Waals surface area contributed by atoms with Crippen LogP contribution in [0.25, 0.3) is 11.3 Å². The standard InChI is InChI=1S/C14H16N2O/c1-9(2)12-8-10(17)6-7-11(12)13-4-3-5-14(15)16-13/h3-9,17H,1-2H3,(H2,15,16). The van der Waals surface area contributed by atoms with Crippen LogP contribution in [0.5, 0.6) is 5.75 Å². The summed E-state index contributed by atoms with van der Waals surface area (Å²) in [6.07, 6.45) is 0. The Bertz CT molecular complexity index is 535. The van der Waals surface area contributed by atoms with Crippen LogP contribution in [0.1, 0.15) is 25.3 Å². The van der Waals surface area contributed by atoms with E-state index in [0.29, 0.717) is 11.7 Å². The zero-order valence-electron chi connectivity index (χ0n) is 10.0. The van der Waals surface area contributed by atoms with Crippen LogP contribution in [0.15, 0.2) is 36.4 Å². The largest absolute Gasteiger partial charge is 0.508 e. The molecule has 0 amide bonds. The van der Waals surface area contributed by atoms with Crippen LogP contribution in [0.4, 0.5) is 5.82 Å². The molecule has 0 aliphatic rings. The first-order valence-corrected chi connectivity index (χ1v) is 5.63. The number of aromatic hydroxyl groups is 1. The number of benzene rings is 1. The number of rotatable bonds is 2. The minimum absolute atomic E-state index is 0.279. The Kier molecular flexibility index (Phi) is 3.00. The van der Waals surface area contributed by atoms with E-state index < -0.39 is 0 Å². The molecule has 0 saturated heterocycles. The third-order valence-corrected chi connectivity index (χ3v) is 2.70. The minimum Gasteiger partial charge on any atom is -0.508 e. The number of anilines is 1. The molecule has 3 heteroatoms. The minimum atomic E-state index is 0.279. The molecule has 2 aromatic rings. The predicted molar refractivity (Wildman–Crippen MR) is 69.8 cm³/mol. The summed E-state index contributed by atoms with van der Waals surface area (Å²) in [5.41, 5.74) is 8.62. The fourth-order valence-corrected chi connectivity index (χ4v) is 1.86. The fraction of sp³-hybridized carbons (Fsp3) is 0.214. The summed E-state index contributed by atoms with van der Waals surface area (Å²) >= 11 is 0. The molecule has 3 nitrogen and oxygen atoms in total. The normalized spacial score (nSPS) is 10.8. The van der Waals surface area contributed by atoms with Gasteiger partial charge in [-0.1, -0.05) is 19.9 Å². The summed E-state index contributed by atoms with van der Waals surface area (Å²) in [6.45, 7) is 4.18. The third-order valence-electron chi connectivity index (χ3n) is 2.70. The molecule has 0 bridgehead atoms. The van der Waals surface area contributed by atoms with Crippen LogP contribution in [0.2, 0.25) is 0 Å². The Morgan fingerprint density at radius 3 is 2.59 bits per heavy atom. The first kappa shape index (κ1) is 11.5. The Morgan fingerprint density at radius 1 is 1.18 bits per heavy atom. The number of nitrogens with zero attached hydrogens (tertiary/aromatic N) is 1. The van der Waals surface area contributed by atoms with Gasteiger partial charge < -0.3 is 10.8 Å². The van der Waals surface area contributed by atoms with Crippen molar-refractivity contribution in [3.63, 3.8) is 0 Å². The molecule has 88 valence electrons. The number of aromatic nitrogens is 1. The van der Waals surface area contributed by atoms with Gasteiger partial charge in [-0.3, -0.25) is 0 Å². The Morgan fingerprint density at radius 2 is 1.94 bits per heavy atom. The molecule has 0 fully saturated rings. The van der Waals surface area contributed by atoms with Crippen LogP contribution in [-0.4, -0.2) is 10.1 Å². The zero-order valence-corrected chi connectivity index (χ0v) is 10.0. The second-order valence-corrected chi connectivity index (χ2v) is 4.37. The molecule has 0 radical (unpaired) electrons. The van der Waals surface area contributed by atoms with E-state index in [0.717, 1.165) is 16.8 Å². The highest BCUT2D eigenvalue weighted by atomic mass is 16.3. The van der Waals surface area contributed by atoms with Crippen molar-refractivity contribution in [1.82, 2.24) is 4.98 Å². The van der Waals surface area contributed by atoms with Crippen molar-refractivity contribution >= 4 is 5.82 Å². The number of phenolic OH excluding ortho intramolecular Hbond substituents is 1. The number of pyridine rings is 1. The van der Waals surface area contributed by atoms with Crippen molar-refractivity contribution in [1.29, 1.82) is 0 Å². The number of hydrogen-bond donors (Lipinski definition) is 2. The molecule has 0 saturated carbocycles. The van der Waals surface area contributed by atoms with E-state index in [1.165, 1.54) is 0 Å². The van der Waals surface area contributed by atoms with E-state index in [-0.39, 0.29) is 5.75 Å². The van der Waals surface area contributed by atoms with Gasteiger partial charge in [0.1, 0.15) is 11.6 Å². The molecule has 1 aromatic carbocycles. The van der Waals surface area contributed by atoms with Gasteiger partial charge in [0.15, 0.2) is 0 Å². The summed E-state index contributed by atoms with van der Waals surface area (Å²) in [5, 5.41) is 9.54. The van der Waals surface area contributed by atoms with Crippen LogP contribution in [0.3, 0.4) is 0 Å². The second kappa shape index (κ2) is 4.45. The van der Waals surface area contributed by atoms with Crippen molar-refractivity contribution in [3.8, 4) is 17.0 Å². The monoisotopic (exact) mass is 228 g/mol. The predicted octanol–water partition coefficient (Wildman–Crippen LogP) is 3.16. The Hall–Kier alpha value is -2.03. The number of nitrogen functional groups attached to an aromatic ring is 1. The van der Waals surface area contributed by atoms with Gasteiger partial charge in [0, 0.05) is 5.56 Å². The average Bonchev–Trinajstić information content (AvgIpc) is 2.28. The fourth-order valence-electron chi connectivity index (χ4n) is 1.86. The smallest absolute Gasteiger partial charge is 0.124 e. The quantitative estimate of drug-likeness (QED) is 0.830. The highest BCUT2D eigenvalue weighted by Gasteiger charge is 2.10. The van der Waals surface area contributed by atoms with Crippen LogP contribution >= 0.6 is 0 Å². The van der Waals surface area contributed by atoms with E-state index >= 15 is 0 Å². The van der Waals surface area contributed by atoms with Crippen LogP contribution in [0, 0.1) is 0 Å². The van der Waals surface area contributed by atoms with Gasteiger partial charge in [0.05, 0.1) is 5.69 Å². The van der Waals surface area contributed by atoms with Crippen molar-refractivity contribution in [2.45, 2.75) is 19.8 Å². The van der Waals surface area contributed by atoms with Crippen LogP contribution < -0.4 is 5.73 Å². The maximum Gasteiger partial charge on any atom is 0.124 e. The number of nitrogens with two attached hydrogens (primary N) is 1. The van der Waals surface area contributed by atoms with Gasteiger partial charge in [-0.25, -0.2) is 4.98 Å². The molecule has 0 aliphatic heterocycles. The van der Waals surface area contributed by atoms with E-state index in [2.05, 4.69) is 18.8 Å². The number of hydrogen-bond acceptors (Lipinski definition) is 3. The maximum atomic E-state index is 9.54. The molecule has 1 heterocycles. The van der Waals surface area contributed by atoms with E-state index in [1.807, 2.05) is 18.2 Å². The van der Waals surface area contributed by atoms with Gasteiger partial charge in [0.25, 0.3) is 0 Å². The summed E-state index contributed by atoms with van der Waals surface area (Å²) in [6, 6.07) is 10.9. The zero-order chi connectivity index (χ0) is 12.4. The average molecular weight is 228 g/mol. The highest BCUT2D eigenvalue weighted by Crippen LogP contribution is 2.31. The molecular formula is C14H16N2O. The van der Waals surface area contributed by atoms with Crippen molar-refractivity contribution in [3.05, 3.63) is 42.0 Å². The van der Waals surface area contributed by atoms with Gasteiger partial charge in [-0.15, -0.1) is 0 Å². The lowest BCUT2D eigenvalue weighted by molar-refractivity contribution is 0.474. The van der Waals surface area contributed by atoms with E-state index in [9.17, 15) is 5.11 Å². The summed E-state index contributed by atoms with van der Waals surface area (Å²) < 4.78 is 0. The van der Waals surface area contributed by atoms with Crippen LogP contribution in [-0.2, 0) is 0 Å². The number of phenols is 1. The third kappa shape index (κ3) is 2.38. The molecule has 0 aliphatic carbocycles. The van der Waals surface area contributed by atoms with E-state index in [1.54, 1.807) is 18.2 Å². The van der Waals surface area contributed by atoms with E-state index in [4.69, 9.17) is 5.73 Å². The topological polar surface area (TPSA) is 59.1 Å². The van der Waals surface area contributed by atoms with Crippen molar-refractivity contribution in [2.75, 3.05) is 5.73 Å². The Balaban J connectivity index is 2.59. The summed E-state index contributed by atoms with van der Waals surface area (Å²) in [5.74, 6) is 1.10. The molecule has 3 N–H and O–H groups in total. The SMILES string of the molecule is CC(C)c1cc(O)ccc1-c1cccc(N)n1. The van der Waals surface area contributed by atoms with Crippen molar-refractivity contribution < 1.29 is 5.11 Å². The lowest BCUT2D eigenvalue weighted by Gasteiger charge is -2.13. The summed E-state index contributed by atoms with van der Waals surface area (Å²) in [4.78, 5) is 4.31. The molecule has 1 aromatic heterocycles. The molecule has 0 unspecified atom stereocenters. The van der Waals surface area contributed by atoms with Gasteiger partial charge >= 0.3 is 0 Å². The van der Waals surface area contributed by atoms with Crippen molar-refractivity contribution in [2.24, 2.45) is 0 Å². The maximum absolute atomic E-state index is 9.54. The van der Waals surface area contributed by atoms with Gasteiger partial charge in [-0.2, -0.15) is 0 Å². The van der Waals surface area contributed by atoms with Gasteiger partial charge in [-0.05, 0) is 41.8 Å². The van der Waals surface area contributed by atoms with Gasteiger partial charge in [0.2, 0.25) is 0 Å². The lowest BCUT2D eigenvalue weighted by atomic mass is 9.95. The molecule has 0 spiro atoms. The molecule has 2 rings (SSSR count). The lowest BCUT2D eigenvalue weighted by Crippen LogP contribution is -1.96. The molecular weight excluding hydrogens is 212 g/mol. The highest BCUT2D eigenvalue weighted by molar-refractivity contribution is 5.66. The second-order valence-electron chi connectivity index (χ2n) is 4.37. The first-order valence-electron chi connectivity index (χ1n) is 5.63. The molecule has 17 heavy (non-hydrogen) atoms. The summed E-state index contributed by atoms with van der Waals surface area (Å²) in [7, 11) is 0. The first-order chi connectivity index (χ1) is 8.08.